The van der Waals surface area contributed by atoms with Gasteiger partial charge in [0.05, 0.1) is 17.9 Å². The molecule has 1 N–H and O–H groups in total. The highest BCUT2D eigenvalue weighted by Crippen LogP contribution is 2.28. The van der Waals surface area contributed by atoms with Gasteiger partial charge in [-0.3, -0.25) is 14.6 Å². The van der Waals surface area contributed by atoms with E-state index in [9.17, 15) is 4.79 Å². The second-order valence-electron chi connectivity index (χ2n) is 6.19. The molecule has 0 aliphatic carbocycles. The minimum absolute atomic E-state index is 0.0590. The van der Waals surface area contributed by atoms with E-state index in [4.69, 9.17) is 0 Å². The van der Waals surface area contributed by atoms with E-state index >= 15 is 0 Å². The molecule has 25 heavy (non-hydrogen) atoms. The summed E-state index contributed by atoms with van der Waals surface area (Å²) in [5.74, 6) is 0.899. The molecular weight excluding hydrogens is 320 g/mol. The number of rotatable bonds is 3. The van der Waals surface area contributed by atoms with Crippen LogP contribution in [0.1, 0.15) is 6.04 Å². The van der Waals surface area contributed by atoms with Gasteiger partial charge in [-0.1, -0.05) is 0 Å². The Morgan fingerprint density at radius 3 is 2.88 bits per heavy atom. The summed E-state index contributed by atoms with van der Waals surface area (Å²) in [6.07, 6.45) is 7.00. The fourth-order valence-electron chi connectivity index (χ4n) is 3.22. The lowest BCUT2D eigenvalue weighted by Gasteiger charge is -2.40. The summed E-state index contributed by atoms with van der Waals surface area (Å²) in [6, 6.07) is 4.13. The molecule has 0 bridgehead atoms. The topological polar surface area (TPSA) is 92.1 Å². The van der Waals surface area contributed by atoms with Crippen molar-refractivity contribution >= 4 is 28.7 Å². The summed E-state index contributed by atoms with van der Waals surface area (Å²) in [5.41, 5.74) is 2.29. The number of hydrogen-bond donors (Lipinski definition) is 1. The number of aromatic nitrogens is 5. The summed E-state index contributed by atoms with van der Waals surface area (Å²) >= 11 is 0. The standard InChI is InChI=1S/C16H16N8O/c25-16-19-5-6-23(16)11-7-20-24(10-11)12-8-22(9-12)14-2-1-13-15(21-14)18-4-3-17-13/h1-4,7,10,12H,5-6,8-9H2,(H,19,25). The molecule has 5 heterocycles. The molecule has 2 saturated heterocycles. The Kier molecular flexibility index (Phi) is 3.06. The number of fused-ring (bicyclic) bond motifs is 1. The highest BCUT2D eigenvalue weighted by Gasteiger charge is 2.31. The quantitative estimate of drug-likeness (QED) is 0.761. The molecule has 0 atom stereocenters. The van der Waals surface area contributed by atoms with Crippen LogP contribution in [0.15, 0.2) is 36.9 Å². The van der Waals surface area contributed by atoms with Crippen LogP contribution in [0.4, 0.5) is 16.3 Å². The van der Waals surface area contributed by atoms with Crippen LogP contribution in [-0.2, 0) is 0 Å². The molecule has 0 radical (unpaired) electrons. The van der Waals surface area contributed by atoms with Crippen molar-refractivity contribution in [1.82, 2.24) is 30.0 Å². The normalized spacial score (nSPS) is 17.8. The number of urea groups is 1. The van der Waals surface area contributed by atoms with Crippen LogP contribution in [0, 0.1) is 0 Å². The molecule has 5 rings (SSSR count). The van der Waals surface area contributed by atoms with Gasteiger partial charge in [0.15, 0.2) is 5.65 Å². The molecular formula is C16H16N8O. The zero-order valence-corrected chi connectivity index (χ0v) is 13.4. The number of anilines is 2. The molecule has 3 aromatic rings. The molecule has 0 aromatic carbocycles. The highest BCUT2D eigenvalue weighted by atomic mass is 16.2. The average molecular weight is 336 g/mol. The van der Waals surface area contributed by atoms with Crippen molar-refractivity contribution in [2.45, 2.75) is 6.04 Å². The van der Waals surface area contributed by atoms with Crippen LogP contribution >= 0.6 is 0 Å². The third-order valence-electron chi connectivity index (χ3n) is 4.63. The summed E-state index contributed by atoms with van der Waals surface area (Å²) in [7, 11) is 0. The van der Waals surface area contributed by atoms with Crippen molar-refractivity contribution in [1.29, 1.82) is 0 Å². The van der Waals surface area contributed by atoms with Crippen molar-refractivity contribution in [3.63, 3.8) is 0 Å². The Balaban J connectivity index is 1.29. The van der Waals surface area contributed by atoms with E-state index in [2.05, 4.69) is 30.3 Å². The first-order valence-corrected chi connectivity index (χ1v) is 8.20. The lowest BCUT2D eigenvalue weighted by molar-refractivity contribution is 0.252. The van der Waals surface area contributed by atoms with Gasteiger partial charge in [-0.2, -0.15) is 5.10 Å². The number of nitrogens with zero attached hydrogens (tertiary/aromatic N) is 7. The fraction of sp³-hybridized carbons (Fsp3) is 0.312. The summed E-state index contributed by atoms with van der Waals surface area (Å²) < 4.78 is 1.93. The first-order valence-electron chi connectivity index (χ1n) is 8.20. The van der Waals surface area contributed by atoms with E-state index in [-0.39, 0.29) is 12.1 Å². The maximum absolute atomic E-state index is 11.7. The van der Waals surface area contributed by atoms with Gasteiger partial charge in [0.25, 0.3) is 0 Å². The summed E-state index contributed by atoms with van der Waals surface area (Å²) in [6.45, 7) is 3.01. The van der Waals surface area contributed by atoms with Gasteiger partial charge in [-0.05, 0) is 12.1 Å². The highest BCUT2D eigenvalue weighted by molar-refractivity contribution is 5.93. The summed E-state index contributed by atoms with van der Waals surface area (Å²) in [5, 5.41) is 7.22. The zero-order chi connectivity index (χ0) is 16.8. The Hall–Kier alpha value is -3.23. The van der Waals surface area contributed by atoms with Crippen LogP contribution in [0.25, 0.3) is 11.2 Å². The van der Waals surface area contributed by atoms with Gasteiger partial charge in [-0.15, -0.1) is 0 Å². The van der Waals surface area contributed by atoms with Crippen LogP contribution in [0.5, 0.6) is 0 Å². The van der Waals surface area contributed by atoms with Crippen molar-refractivity contribution in [3.05, 3.63) is 36.9 Å². The Morgan fingerprint density at radius 1 is 1.16 bits per heavy atom. The molecule has 3 aromatic heterocycles. The van der Waals surface area contributed by atoms with Gasteiger partial charge in [0, 0.05) is 44.8 Å². The molecule has 0 saturated carbocycles. The van der Waals surface area contributed by atoms with Gasteiger partial charge >= 0.3 is 6.03 Å². The van der Waals surface area contributed by atoms with E-state index in [1.165, 1.54) is 0 Å². The number of carbonyl (C=O) groups excluding carboxylic acids is 1. The second kappa shape index (κ2) is 5.40. The van der Waals surface area contributed by atoms with E-state index in [1.807, 2.05) is 23.0 Å². The largest absolute Gasteiger partial charge is 0.352 e. The SMILES string of the molecule is O=C1NCCN1c1cnn(C2CN(c3ccc4nccnc4n3)C2)c1. The van der Waals surface area contributed by atoms with Crippen molar-refractivity contribution in [2.75, 3.05) is 36.0 Å². The third-order valence-corrected chi connectivity index (χ3v) is 4.63. The Morgan fingerprint density at radius 2 is 2.04 bits per heavy atom. The van der Waals surface area contributed by atoms with Crippen molar-refractivity contribution < 1.29 is 4.79 Å². The Bertz CT molecular complexity index is 948. The van der Waals surface area contributed by atoms with Crippen LogP contribution in [0.2, 0.25) is 0 Å². The van der Waals surface area contributed by atoms with E-state index in [1.54, 1.807) is 23.5 Å². The van der Waals surface area contributed by atoms with Gasteiger partial charge < -0.3 is 10.2 Å². The average Bonchev–Trinajstić information content (AvgIpc) is 3.22. The minimum atomic E-state index is -0.0590. The first kappa shape index (κ1) is 14.1. The number of nitrogens with one attached hydrogen (secondary N) is 1. The van der Waals surface area contributed by atoms with Gasteiger partial charge in [0.1, 0.15) is 11.3 Å². The molecule has 9 heteroatoms. The van der Waals surface area contributed by atoms with Crippen molar-refractivity contribution in [3.8, 4) is 0 Å². The first-order chi connectivity index (χ1) is 12.3. The van der Waals surface area contributed by atoms with Crippen LogP contribution in [0.3, 0.4) is 0 Å². The number of amides is 2. The lowest BCUT2D eigenvalue weighted by atomic mass is 10.1. The van der Waals surface area contributed by atoms with Crippen LogP contribution in [-0.4, -0.2) is 56.9 Å². The van der Waals surface area contributed by atoms with Crippen LogP contribution < -0.4 is 15.1 Å². The monoisotopic (exact) mass is 336 g/mol. The lowest BCUT2D eigenvalue weighted by Crippen LogP contribution is -2.48. The molecule has 9 nitrogen and oxygen atoms in total. The predicted octanol–water partition coefficient (Wildman–Crippen LogP) is 0.812. The fourth-order valence-corrected chi connectivity index (χ4v) is 3.22. The molecule has 0 unspecified atom stereocenters. The number of hydrogen-bond acceptors (Lipinski definition) is 6. The molecule has 2 fully saturated rings. The van der Waals surface area contributed by atoms with Crippen molar-refractivity contribution in [2.24, 2.45) is 0 Å². The third kappa shape index (κ3) is 2.35. The van der Waals surface area contributed by atoms with E-state index in [0.717, 1.165) is 30.1 Å². The predicted molar refractivity (Wildman–Crippen MR) is 91.6 cm³/mol. The maximum Gasteiger partial charge on any atom is 0.322 e. The molecule has 2 aliphatic rings. The number of pyridine rings is 1. The van der Waals surface area contributed by atoms with Gasteiger partial charge in [0.2, 0.25) is 0 Å². The van der Waals surface area contributed by atoms with E-state index < -0.39 is 0 Å². The molecule has 0 spiro atoms. The minimum Gasteiger partial charge on any atom is -0.352 e. The molecule has 2 amide bonds. The van der Waals surface area contributed by atoms with E-state index in [0.29, 0.717) is 18.7 Å². The molecule has 2 aliphatic heterocycles. The maximum atomic E-state index is 11.7. The zero-order valence-electron chi connectivity index (χ0n) is 13.4. The van der Waals surface area contributed by atoms with Gasteiger partial charge in [-0.25, -0.2) is 14.8 Å². The molecule has 126 valence electrons. The summed E-state index contributed by atoms with van der Waals surface area (Å²) in [4.78, 5) is 28.7. The smallest absolute Gasteiger partial charge is 0.322 e. The second-order valence-corrected chi connectivity index (χ2v) is 6.19. The number of carbonyl (C=O) groups is 1. The Labute approximate surface area is 143 Å².